The molecule has 70 valence electrons. The molecule has 0 radical (unpaired) electrons. The largest absolute Gasteiger partial charge is 0.310 e. The monoisotopic (exact) mass is 160 g/mol. The summed E-state index contributed by atoms with van der Waals surface area (Å²) < 4.78 is 0. The van der Waals surface area contributed by atoms with Crippen molar-refractivity contribution in [3.05, 3.63) is 0 Å². The van der Waals surface area contributed by atoms with E-state index < -0.39 is 0 Å². The second kappa shape index (κ2) is 16.2. The van der Waals surface area contributed by atoms with E-state index in [9.17, 15) is 0 Å². The van der Waals surface area contributed by atoms with Gasteiger partial charge in [-0.15, -0.1) is 0 Å². The highest BCUT2D eigenvalue weighted by molar-refractivity contribution is 5.58. The zero-order chi connectivity index (χ0) is 8.95. The molecule has 1 heterocycles. The van der Waals surface area contributed by atoms with Crippen LogP contribution in [0.25, 0.3) is 0 Å². The lowest BCUT2D eigenvalue weighted by Gasteiger charge is -1.76. The van der Waals surface area contributed by atoms with Gasteiger partial charge in [-0.25, -0.2) is 0 Å². The van der Waals surface area contributed by atoms with Gasteiger partial charge in [0, 0.05) is 20.6 Å². The fourth-order valence-corrected chi connectivity index (χ4v) is 0.323. The smallest absolute Gasteiger partial charge is 0.0379 e. The molecule has 0 spiro atoms. The van der Waals surface area contributed by atoms with Crippen LogP contribution in [0.15, 0.2) is 5.10 Å². The van der Waals surface area contributed by atoms with Crippen molar-refractivity contribution in [2.45, 2.75) is 47.0 Å². The maximum Gasteiger partial charge on any atom is 0.0379 e. The summed E-state index contributed by atoms with van der Waals surface area (Å²) in [6, 6.07) is 0. The van der Waals surface area contributed by atoms with Crippen LogP contribution in [0.2, 0.25) is 0 Å². The van der Waals surface area contributed by atoms with Crippen molar-refractivity contribution in [1.29, 1.82) is 0 Å². The van der Waals surface area contributed by atoms with Gasteiger partial charge in [0.2, 0.25) is 0 Å². The van der Waals surface area contributed by atoms with Gasteiger partial charge in [0.15, 0.2) is 0 Å². The van der Waals surface area contributed by atoms with Crippen molar-refractivity contribution >= 4 is 6.21 Å². The number of hydrogen-bond acceptors (Lipinski definition) is 2. The number of nitrogens with one attached hydrogen (secondary N) is 1. The van der Waals surface area contributed by atoms with Crippen LogP contribution in [-0.4, -0.2) is 12.8 Å². The van der Waals surface area contributed by atoms with Gasteiger partial charge < -0.3 is 5.43 Å². The molecule has 0 bridgehead atoms. The van der Waals surface area contributed by atoms with Crippen LogP contribution in [0.3, 0.4) is 0 Å². The van der Waals surface area contributed by atoms with Gasteiger partial charge in [0.05, 0.1) is 0 Å². The zero-order valence-corrected chi connectivity index (χ0v) is 8.35. The Bertz CT molecular complexity index is 66.9. The first-order valence-corrected chi connectivity index (χ1v) is 4.66. The molecule has 2 heteroatoms. The van der Waals surface area contributed by atoms with Crippen LogP contribution in [0.1, 0.15) is 48.4 Å². The molecule has 0 aromatic heterocycles. The van der Waals surface area contributed by atoms with Crippen molar-refractivity contribution in [2.24, 2.45) is 5.10 Å². The standard InChI is InChI=1S/C4H10.C3H6N2.C2H6.H2/c1-3-4-2;1-2-4-5-3-1;1-2;/h3-4H2,1-2H3;2,5H,1,3H2;1-2H3;1H. The van der Waals surface area contributed by atoms with Crippen molar-refractivity contribution < 1.29 is 1.43 Å². The van der Waals surface area contributed by atoms with Gasteiger partial charge in [0.25, 0.3) is 0 Å². The molecule has 1 aliphatic heterocycles. The van der Waals surface area contributed by atoms with E-state index in [4.69, 9.17) is 0 Å². The van der Waals surface area contributed by atoms with E-state index in [2.05, 4.69) is 24.4 Å². The normalized spacial score (nSPS) is 12.0. The summed E-state index contributed by atoms with van der Waals surface area (Å²) in [5.41, 5.74) is 2.79. The van der Waals surface area contributed by atoms with E-state index in [1.807, 2.05) is 20.1 Å². The molecule has 0 fully saturated rings. The Hall–Kier alpha value is -0.530. The molecule has 2 nitrogen and oxygen atoms in total. The van der Waals surface area contributed by atoms with Gasteiger partial charge in [-0.05, 0) is 0 Å². The van der Waals surface area contributed by atoms with Crippen molar-refractivity contribution in [3.8, 4) is 0 Å². The van der Waals surface area contributed by atoms with E-state index in [0.717, 1.165) is 13.0 Å². The minimum absolute atomic E-state index is 0. The minimum Gasteiger partial charge on any atom is -0.310 e. The summed E-state index contributed by atoms with van der Waals surface area (Å²) >= 11 is 0. The third-order valence-electron chi connectivity index (χ3n) is 1.07. The lowest BCUT2D eigenvalue weighted by atomic mass is 10.4. The maximum absolute atomic E-state index is 3.71. The quantitative estimate of drug-likeness (QED) is 0.626. The lowest BCUT2D eigenvalue weighted by Crippen LogP contribution is -1.96. The van der Waals surface area contributed by atoms with Crippen LogP contribution in [0.5, 0.6) is 0 Å². The predicted octanol–water partition coefficient (Wildman–Crippen LogP) is 3.04. The highest BCUT2D eigenvalue weighted by atomic mass is 15.3. The molecular formula is C9H24N2. The summed E-state index contributed by atoms with van der Waals surface area (Å²) in [6.07, 6.45) is 5.61. The molecule has 0 aromatic carbocycles. The summed E-state index contributed by atoms with van der Waals surface area (Å²) in [5, 5.41) is 3.71. The maximum atomic E-state index is 3.71. The van der Waals surface area contributed by atoms with Gasteiger partial charge in [-0.1, -0.05) is 40.5 Å². The second-order valence-electron chi connectivity index (χ2n) is 2.01. The molecule has 1 rings (SSSR count). The Kier molecular flexibility index (Phi) is 19.3. The minimum atomic E-state index is 0. The molecule has 0 aromatic rings. The molecule has 11 heavy (non-hydrogen) atoms. The van der Waals surface area contributed by atoms with Crippen molar-refractivity contribution in [3.63, 3.8) is 0 Å². The van der Waals surface area contributed by atoms with E-state index >= 15 is 0 Å². The average molecular weight is 160 g/mol. The number of hydrogen-bond donors (Lipinski definition) is 1. The topological polar surface area (TPSA) is 24.4 Å². The number of hydrazone groups is 1. The van der Waals surface area contributed by atoms with Crippen LogP contribution in [0.4, 0.5) is 0 Å². The summed E-state index contributed by atoms with van der Waals surface area (Å²) in [5.74, 6) is 0. The molecule has 0 aliphatic carbocycles. The summed E-state index contributed by atoms with van der Waals surface area (Å²) in [4.78, 5) is 0. The summed E-state index contributed by atoms with van der Waals surface area (Å²) in [6.45, 7) is 9.39. The SMILES string of the molecule is C1=NNCC1.CC.CCCC.[HH]. The fraction of sp³-hybridized carbons (Fsp3) is 0.889. The third-order valence-corrected chi connectivity index (χ3v) is 1.07. The lowest BCUT2D eigenvalue weighted by molar-refractivity contribution is 0.813. The Morgan fingerprint density at radius 2 is 1.91 bits per heavy atom. The molecular weight excluding hydrogens is 136 g/mol. The third kappa shape index (κ3) is 17.7. The van der Waals surface area contributed by atoms with E-state index in [0.29, 0.717) is 0 Å². The van der Waals surface area contributed by atoms with Gasteiger partial charge in [-0.3, -0.25) is 0 Å². The highest BCUT2D eigenvalue weighted by Gasteiger charge is 1.83. The van der Waals surface area contributed by atoms with Crippen LogP contribution in [0, 0.1) is 0 Å². The number of rotatable bonds is 1. The predicted molar refractivity (Wildman–Crippen MR) is 55.2 cm³/mol. The van der Waals surface area contributed by atoms with Gasteiger partial charge in [-0.2, -0.15) is 5.10 Å². The fourth-order valence-electron chi connectivity index (χ4n) is 0.323. The van der Waals surface area contributed by atoms with E-state index in [-0.39, 0.29) is 1.43 Å². The van der Waals surface area contributed by atoms with Crippen LogP contribution < -0.4 is 5.43 Å². The van der Waals surface area contributed by atoms with E-state index in [1.165, 1.54) is 12.8 Å². The van der Waals surface area contributed by atoms with Gasteiger partial charge >= 0.3 is 0 Å². The van der Waals surface area contributed by atoms with Crippen molar-refractivity contribution in [2.75, 3.05) is 6.54 Å². The molecule has 0 saturated heterocycles. The first-order valence-electron chi connectivity index (χ1n) is 4.66. The van der Waals surface area contributed by atoms with Crippen LogP contribution in [-0.2, 0) is 0 Å². The molecule has 1 aliphatic rings. The first kappa shape index (κ1) is 13.1. The van der Waals surface area contributed by atoms with Crippen LogP contribution >= 0.6 is 0 Å². The zero-order valence-electron chi connectivity index (χ0n) is 8.35. The molecule has 0 atom stereocenters. The molecule has 0 saturated carbocycles. The average Bonchev–Trinajstić information content (AvgIpc) is 2.65. The Morgan fingerprint density at radius 1 is 1.36 bits per heavy atom. The Morgan fingerprint density at radius 3 is 2.00 bits per heavy atom. The number of unbranched alkanes of at least 4 members (excludes halogenated alkanes) is 1. The van der Waals surface area contributed by atoms with Gasteiger partial charge in [0.1, 0.15) is 0 Å². The van der Waals surface area contributed by atoms with Crippen molar-refractivity contribution in [1.82, 2.24) is 5.43 Å². The number of nitrogens with zero attached hydrogens (tertiary/aromatic N) is 1. The first-order chi connectivity index (χ1) is 5.41. The molecule has 0 amide bonds. The summed E-state index contributed by atoms with van der Waals surface area (Å²) in [7, 11) is 0. The highest BCUT2D eigenvalue weighted by Crippen LogP contribution is 1.76. The Labute approximate surface area is 72.6 Å². The molecule has 0 unspecified atom stereocenters. The molecule has 1 N–H and O–H groups in total. The second-order valence-corrected chi connectivity index (χ2v) is 2.01. The van der Waals surface area contributed by atoms with E-state index in [1.54, 1.807) is 0 Å². The Balaban J connectivity index is -0.000000107.